The molecule has 0 fully saturated rings. The quantitative estimate of drug-likeness (QED) is 0.695. The van der Waals surface area contributed by atoms with Crippen molar-refractivity contribution < 1.29 is 9.13 Å². The maximum Gasteiger partial charge on any atom is 0.146 e. The summed E-state index contributed by atoms with van der Waals surface area (Å²) < 4.78 is 17.7. The lowest BCUT2D eigenvalue weighted by molar-refractivity contribution is 0.210. The van der Waals surface area contributed by atoms with Gasteiger partial charge in [-0.2, -0.15) is 0 Å². The standard InChI is InChI=1S/C9H12FNO/c1-12-7-6-11-9-5-3-2-4-8(9)10/h2-5,11H,6-7H2,1H3. The third-order valence-corrected chi connectivity index (χ3v) is 1.50. The van der Waals surface area contributed by atoms with Gasteiger partial charge >= 0.3 is 0 Å². The molecular formula is C9H12FNO. The van der Waals surface area contributed by atoms with Crippen LogP contribution in [0.5, 0.6) is 0 Å². The molecule has 66 valence electrons. The number of benzene rings is 1. The molecule has 0 amide bonds. The van der Waals surface area contributed by atoms with Gasteiger partial charge in [0, 0.05) is 13.7 Å². The molecule has 0 spiro atoms. The van der Waals surface area contributed by atoms with Gasteiger partial charge in [0.15, 0.2) is 0 Å². The summed E-state index contributed by atoms with van der Waals surface area (Å²) in [6, 6.07) is 6.58. The molecule has 2 nitrogen and oxygen atoms in total. The van der Waals surface area contributed by atoms with Gasteiger partial charge in [-0.1, -0.05) is 12.1 Å². The zero-order valence-corrected chi connectivity index (χ0v) is 7.01. The number of halogens is 1. The number of nitrogens with one attached hydrogen (secondary N) is 1. The van der Waals surface area contributed by atoms with Crippen LogP contribution < -0.4 is 5.32 Å². The van der Waals surface area contributed by atoms with Crippen molar-refractivity contribution in [3.8, 4) is 0 Å². The van der Waals surface area contributed by atoms with Crippen molar-refractivity contribution in [1.29, 1.82) is 0 Å². The predicted molar refractivity (Wildman–Crippen MR) is 46.8 cm³/mol. The average molecular weight is 169 g/mol. The minimum atomic E-state index is -0.228. The number of ether oxygens (including phenoxy) is 1. The second-order valence-electron chi connectivity index (χ2n) is 2.40. The second kappa shape index (κ2) is 4.72. The molecular weight excluding hydrogens is 157 g/mol. The van der Waals surface area contributed by atoms with Gasteiger partial charge in [-0.25, -0.2) is 4.39 Å². The van der Waals surface area contributed by atoms with Crippen LogP contribution in [0.3, 0.4) is 0 Å². The van der Waals surface area contributed by atoms with Crippen molar-refractivity contribution in [3.63, 3.8) is 0 Å². The van der Waals surface area contributed by atoms with Crippen molar-refractivity contribution in [3.05, 3.63) is 30.1 Å². The van der Waals surface area contributed by atoms with E-state index in [1.54, 1.807) is 25.3 Å². The summed E-state index contributed by atoms with van der Waals surface area (Å²) in [5.74, 6) is -0.228. The maximum atomic E-state index is 12.9. The molecule has 0 bridgehead atoms. The van der Waals surface area contributed by atoms with Crippen LogP contribution in [0.2, 0.25) is 0 Å². The Labute approximate surface area is 71.4 Å². The lowest BCUT2D eigenvalue weighted by Gasteiger charge is -2.05. The highest BCUT2D eigenvalue weighted by molar-refractivity contribution is 5.44. The third-order valence-electron chi connectivity index (χ3n) is 1.50. The Morgan fingerprint density at radius 2 is 2.17 bits per heavy atom. The van der Waals surface area contributed by atoms with Gasteiger partial charge in [-0.3, -0.25) is 0 Å². The van der Waals surface area contributed by atoms with Crippen molar-refractivity contribution in [1.82, 2.24) is 0 Å². The molecule has 12 heavy (non-hydrogen) atoms. The molecule has 0 aliphatic carbocycles. The zero-order chi connectivity index (χ0) is 8.81. The number of hydrogen-bond donors (Lipinski definition) is 1. The molecule has 0 heterocycles. The van der Waals surface area contributed by atoms with E-state index >= 15 is 0 Å². The number of hydrogen-bond acceptors (Lipinski definition) is 2. The van der Waals surface area contributed by atoms with Gasteiger partial charge in [-0.15, -0.1) is 0 Å². The Balaban J connectivity index is 2.46. The molecule has 0 saturated heterocycles. The molecule has 0 radical (unpaired) electrons. The van der Waals surface area contributed by atoms with Gasteiger partial charge in [0.25, 0.3) is 0 Å². The fourth-order valence-corrected chi connectivity index (χ4v) is 0.892. The van der Waals surface area contributed by atoms with E-state index in [0.29, 0.717) is 18.8 Å². The van der Waals surface area contributed by atoms with Gasteiger partial charge in [-0.05, 0) is 12.1 Å². The molecule has 1 aromatic carbocycles. The van der Waals surface area contributed by atoms with Crippen LogP contribution in [0.25, 0.3) is 0 Å². The zero-order valence-electron chi connectivity index (χ0n) is 7.01. The molecule has 0 aromatic heterocycles. The van der Waals surface area contributed by atoms with Crippen LogP contribution in [-0.2, 0) is 4.74 Å². The van der Waals surface area contributed by atoms with E-state index in [2.05, 4.69) is 5.32 Å². The van der Waals surface area contributed by atoms with Crippen LogP contribution in [0.4, 0.5) is 10.1 Å². The summed E-state index contributed by atoms with van der Waals surface area (Å²) in [5.41, 5.74) is 0.523. The Kier molecular flexibility index (Phi) is 3.54. The van der Waals surface area contributed by atoms with E-state index in [-0.39, 0.29) is 5.82 Å². The maximum absolute atomic E-state index is 12.9. The van der Waals surface area contributed by atoms with Crippen molar-refractivity contribution >= 4 is 5.69 Å². The normalized spacial score (nSPS) is 9.83. The molecule has 1 N–H and O–H groups in total. The Bertz CT molecular complexity index is 240. The smallest absolute Gasteiger partial charge is 0.146 e. The molecule has 1 rings (SSSR count). The van der Waals surface area contributed by atoms with Crippen LogP contribution in [0.1, 0.15) is 0 Å². The van der Waals surface area contributed by atoms with Gasteiger partial charge in [0.1, 0.15) is 5.82 Å². The highest BCUT2D eigenvalue weighted by Gasteiger charge is 1.97. The van der Waals surface area contributed by atoms with E-state index in [4.69, 9.17) is 4.74 Å². The highest BCUT2D eigenvalue weighted by atomic mass is 19.1. The van der Waals surface area contributed by atoms with E-state index in [1.807, 2.05) is 0 Å². The first-order valence-electron chi connectivity index (χ1n) is 3.82. The first-order chi connectivity index (χ1) is 5.84. The van der Waals surface area contributed by atoms with Gasteiger partial charge < -0.3 is 10.1 Å². The van der Waals surface area contributed by atoms with Crippen molar-refractivity contribution in [2.24, 2.45) is 0 Å². The molecule has 0 unspecified atom stereocenters. The Hall–Kier alpha value is -1.09. The van der Waals surface area contributed by atoms with E-state index in [0.717, 1.165) is 0 Å². The fraction of sp³-hybridized carbons (Fsp3) is 0.333. The molecule has 0 saturated carbocycles. The second-order valence-corrected chi connectivity index (χ2v) is 2.40. The van der Waals surface area contributed by atoms with E-state index in [9.17, 15) is 4.39 Å². The third kappa shape index (κ3) is 2.51. The number of para-hydroxylation sites is 1. The summed E-state index contributed by atoms with van der Waals surface area (Å²) in [6.07, 6.45) is 0. The van der Waals surface area contributed by atoms with Crippen LogP contribution in [0.15, 0.2) is 24.3 Å². The first kappa shape index (κ1) is 9.00. The minimum absolute atomic E-state index is 0.228. The van der Waals surface area contributed by atoms with Crippen molar-refractivity contribution in [2.45, 2.75) is 0 Å². The van der Waals surface area contributed by atoms with Crippen molar-refractivity contribution in [2.75, 3.05) is 25.6 Å². The topological polar surface area (TPSA) is 21.3 Å². The van der Waals surface area contributed by atoms with Gasteiger partial charge in [0.05, 0.1) is 12.3 Å². The Morgan fingerprint density at radius 3 is 2.83 bits per heavy atom. The van der Waals surface area contributed by atoms with E-state index in [1.165, 1.54) is 6.07 Å². The molecule has 0 aliphatic heterocycles. The first-order valence-corrected chi connectivity index (χ1v) is 3.82. The fourth-order valence-electron chi connectivity index (χ4n) is 0.892. The molecule has 0 aliphatic rings. The largest absolute Gasteiger partial charge is 0.383 e. The monoisotopic (exact) mass is 169 g/mol. The summed E-state index contributed by atoms with van der Waals surface area (Å²) >= 11 is 0. The molecule has 1 aromatic rings. The van der Waals surface area contributed by atoms with Crippen LogP contribution in [-0.4, -0.2) is 20.3 Å². The van der Waals surface area contributed by atoms with E-state index < -0.39 is 0 Å². The average Bonchev–Trinajstić information content (AvgIpc) is 2.09. The number of anilines is 1. The summed E-state index contributed by atoms with van der Waals surface area (Å²) in [5, 5.41) is 2.91. The lowest BCUT2D eigenvalue weighted by Crippen LogP contribution is -2.08. The SMILES string of the molecule is COCCNc1ccccc1F. The summed E-state index contributed by atoms with van der Waals surface area (Å²) in [7, 11) is 1.61. The highest BCUT2D eigenvalue weighted by Crippen LogP contribution is 2.11. The molecule has 0 atom stereocenters. The number of methoxy groups -OCH3 is 1. The predicted octanol–water partition coefficient (Wildman–Crippen LogP) is 1.88. The van der Waals surface area contributed by atoms with Crippen LogP contribution >= 0.6 is 0 Å². The van der Waals surface area contributed by atoms with Gasteiger partial charge in [0.2, 0.25) is 0 Å². The molecule has 3 heteroatoms. The van der Waals surface area contributed by atoms with Crippen LogP contribution in [0, 0.1) is 5.82 Å². The summed E-state index contributed by atoms with van der Waals surface area (Å²) in [6.45, 7) is 1.20. The minimum Gasteiger partial charge on any atom is -0.383 e. The lowest BCUT2D eigenvalue weighted by atomic mass is 10.3. The summed E-state index contributed by atoms with van der Waals surface area (Å²) in [4.78, 5) is 0. The Morgan fingerprint density at radius 1 is 1.42 bits per heavy atom. The number of rotatable bonds is 4.